The highest BCUT2D eigenvalue weighted by atomic mass is 14.9. The summed E-state index contributed by atoms with van der Waals surface area (Å²) in [4.78, 5) is 19.9. The van der Waals surface area contributed by atoms with Gasteiger partial charge in [0.15, 0.2) is 5.82 Å². The maximum Gasteiger partial charge on any atom is 0.160 e. The molecule has 0 fully saturated rings. The van der Waals surface area contributed by atoms with Crippen molar-refractivity contribution in [3.63, 3.8) is 0 Å². The summed E-state index contributed by atoms with van der Waals surface area (Å²) < 4.78 is 0. The zero-order chi connectivity index (χ0) is 27.9. The Labute approximate surface area is 243 Å². The fourth-order valence-electron chi connectivity index (χ4n) is 5.65. The van der Waals surface area contributed by atoms with Crippen LogP contribution < -0.4 is 0 Å². The first kappa shape index (κ1) is 24.1. The first-order valence-corrected chi connectivity index (χ1v) is 14.0. The third-order valence-corrected chi connectivity index (χ3v) is 7.71. The second kappa shape index (κ2) is 10.0. The Bertz CT molecular complexity index is 2240. The molecule has 0 saturated heterocycles. The maximum atomic E-state index is 5.15. The van der Waals surface area contributed by atoms with E-state index in [1.54, 1.807) is 0 Å². The van der Waals surface area contributed by atoms with Crippen molar-refractivity contribution in [3.8, 4) is 45.0 Å². The number of benzene rings is 5. The van der Waals surface area contributed by atoms with E-state index in [9.17, 15) is 0 Å². The molecule has 0 aliphatic heterocycles. The van der Waals surface area contributed by atoms with Gasteiger partial charge in [0.25, 0.3) is 0 Å². The molecule has 8 aromatic rings. The van der Waals surface area contributed by atoms with Crippen LogP contribution in [-0.4, -0.2) is 19.9 Å². The Morgan fingerprint density at radius 1 is 0.405 bits per heavy atom. The number of aromatic nitrogens is 4. The van der Waals surface area contributed by atoms with Gasteiger partial charge in [0.05, 0.1) is 27.9 Å². The zero-order valence-corrected chi connectivity index (χ0v) is 22.6. The van der Waals surface area contributed by atoms with Gasteiger partial charge in [-0.1, -0.05) is 121 Å². The molecule has 0 spiro atoms. The van der Waals surface area contributed by atoms with Gasteiger partial charge in [-0.05, 0) is 23.8 Å². The minimum Gasteiger partial charge on any atom is -0.254 e. The van der Waals surface area contributed by atoms with Crippen molar-refractivity contribution < 1.29 is 0 Å². The second-order valence-electron chi connectivity index (χ2n) is 10.3. The number of pyridine rings is 2. The number of rotatable bonds is 4. The lowest BCUT2D eigenvalue weighted by molar-refractivity contribution is 1.23. The van der Waals surface area contributed by atoms with Crippen LogP contribution in [0.2, 0.25) is 0 Å². The molecule has 4 nitrogen and oxygen atoms in total. The van der Waals surface area contributed by atoms with E-state index >= 15 is 0 Å². The molecule has 3 aromatic heterocycles. The minimum atomic E-state index is 0.709. The molecule has 196 valence electrons. The molecule has 0 unspecified atom stereocenters. The van der Waals surface area contributed by atoms with E-state index in [1.807, 2.05) is 48.7 Å². The van der Waals surface area contributed by atoms with Crippen molar-refractivity contribution in [1.29, 1.82) is 0 Å². The number of nitrogens with zero attached hydrogens (tertiary/aromatic N) is 4. The minimum absolute atomic E-state index is 0.709. The number of hydrogen-bond acceptors (Lipinski definition) is 4. The summed E-state index contributed by atoms with van der Waals surface area (Å²) in [5.74, 6) is 0.709. The molecular weight excluding hydrogens is 512 g/mol. The maximum absolute atomic E-state index is 5.15. The predicted molar refractivity (Wildman–Crippen MR) is 172 cm³/mol. The smallest absolute Gasteiger partial charge is 0.160 e. The average molecular weight is 537 g/mol. The first-order chi connectivity index (χ1) is 20.8. The molecule has 8 rings (SSSR count). The number of para-hydroxylation sites is 1. The largest absolute Gasteiger partial charge is 0.254 e. The summed E-state index contributed by atoms with van der Waals surface area (Å²) in [6, 6.07) is 47.9. The Balaban J connectivity index is 1.32. The van der Waals surface area contributed by atoms with E-state index < -0.39 is 0 Å². The van der Waals surface area contributed by atoms with E-state index in [-0.39, 0.29) is 0 Å². The lowest BCUT2D eigenvalue weighted by atomic mass is 9.97. The Morgan fingerprint density at radius 2 is 1.10 bits per heavy atom. The molecule has 0 aliphatic carbocycles. The van der Waals surface area contributed by atoms with Gasteiger partial charge in [-0.3, -0.25) is 4.98 Å². The van der Waals surface area contributed by atoms with Crippen molar-refractivity contribution >= 4 is 32.7 Å². The number of fused-ring (bicyclic) bond motifs is 4. The highest BCUT2D eigenvalue weighted by molar-refractivity contribution is 6.04. The second-order valence-corrected chi connectivity index (χ2v) is 10.3. The summed E-state index contributed by atoms with van der Waals surface area (Å²) in [5, 5.41) is 3.18. The molecule has 42 heavy (non-hydrogen) atoms. The van der Waals surface area contributed by atoms with Crippen LogP contribution in [0.15, 0.2) is 146 Å². The lowest BCUT2D eigenvalue weighted by Crippen LogP contribution is -1.97. The van der Waals surface area contributed by atoms with Gasteiger partial charge in [0, 0.05) is 44.6 Å². The topological polar surface area (TPSA) is 51.6 Å². The molecule has 5 aromatic carbocycles. The third kappa shape index (κ3) is 4.18. The summed E-state index contributed by atoms with van der Waals surface area (Å²) in [6.07, 6.45) is 1.83. The van der Waals surface area contributed by atoms with Gasteiger partial charge in [0.1, 0.15) is 0 Å². The van der Waals surface area contributed by atoms with E-state index in [0.29, 0.717) is 5.82 Å². The zero-order valence-electron chi connectivity index (χ0n) is 22.6. The van der Waals surface area contributed by atoms with Gasteiger partial charge in [-0.15, -0.1) is 0 Å². The first-order valence-electron chi connectivity index (χ1n) is 14.0. The van der Waals surface area contributed by atoms with E-state index in [1.165, 1.54) is 0 Å². The summed E-state index contributed by atoms with van der Waals surface area (Å²) in [5.41, 5.74) is 9.81. The standard InChI is InChI=1S/C38H24N4/c1-3-10-25(11-4-1)34-32-18-8-17-31(37(32)42-38(41-34)28-12-5-2-6-13-28)29-14-7-15-30(24-29)33-22-21-27-20-19-26-16-9-23-39-35(26)36(27)40-33/h1-24H. The molecule has 0 bridgehead atoms. The van der Waals surface area contributed by atoms with Crippen LogP contribution in [0.4, 0.5) is 0 Å². The van der Waals surface area contributed by atoms with Crippen LogP contribution in [0.5, 0.6) is 0 Å². The highest BCUT2D eigenvalue weighted by Crippen LogP contribution is 2.36. The van der Waals surface area contributed by atoms with Crippen LogP contribution in [0, 0.1) is 0 Å². The SMILES string of the molecule is c1ccc(-c2nc(-c3ccccc3)c3cccc(-c4cccc(-c5ccc6ccc7cccnc7c6n5)c4)c3n2)cc1. The van der Waals surface area contributed by atoms with Crippen LogP contribution in [0.25, 0.3) is 77.7 Å². The van der Waals surface area contributed by atoms with Crippen molar-refractivity contribution in [2.75, 3.05) is 0 Å². The molecule has 3 heterocycles. The molecule has 0 atom stereocenters. The van der Waals surface area contributed by atoms with Gasteiger partial charge in [-0.25, -0.2) is 15.0 Å². The van der Waals surface area contributed by atoms with Crippen molar-refractivity contribution in [1.82, 2.24) is 19.9 Å². The molecular formula is C38H24N4. The van der Waals surface area contributed by atoms with Crippen LogP contribution in [0.3, 0.4) is 0 Å². The van der Waals surface area contributed by atoms with E-state index in [4.69, 9.17) is 15.0 Å². The quantitative estimate of drug-likeness (QED) is 0.210. The van der Waals surface area contributed by atoms with Crippen LogP contribution in [0.1, 0.15) is 0 Å². The monoisotopic (exact) mass is 536 g/mol. The normalized spacial score (nSPS) is 11.3. The van der Waals surface area contributed by atoms with Crippen molar-refractivity contribution in [2.45, 2.75) is 0 Å². The molecule has 4 heteroatoms. The highest BCUT2D eigenvalue weighted by Gasteiger charge is 2.15. The average Bonchev–Trinajstić information content (AvgIpc) is 3.08. The van der Waals surface area contributed by atoms with Gasteiger partial charge >= 0.3 is 0 Å². The Kier molecular flexibility index (Phi) is 5.75. The van der Waals surface area contributed by atoms with E-state index in [2.05, 4.69) is 102 Å². The van der Waals surface area contributed by atoms with Crippen molar-refractivity contribution in [3.05, 3.63) is 146 Å². The molecule has 0 aliphatic rings. The summed E-state index contributed by atoms with van der Waals surface area (Å²) in [6.45, 7) is 0. The van der Waals surface area contributed by atoms with Gasteiger partial charge in [-0.2, -0.15) is 0 Å². The molecule has 0 saturated carbocycles. The predicted octanol–water partition coefficient (Wildman–Crippen LogP) is 9.39. The van der Waals surface area contributed by atoms with Crippen molar-refractivity contribution in [2.24, 2.45) is 0 Å². The Hall–Kier alpha value is -5.74. The molecule has 0 amide bonds. The molecule has 0 N–H and O–H groups in total. The van der Waals surface area contributed by atoms with Gasteiger partial charge < -0.3 is 0 Å². The summed E-state index contributed by atoms with van der Waals surface area (Å²) >= 11 is 0. The molecule has 0 radical (unpaired) electrons. The van der Waals surface area contributed by atoms with Gasteiger partial charge in [0.2, 0.25) is 0 Å². The Morgan fingerprint density at radius 3 is 1.93 bits per heavy atom. The number of hydrogen-bond donors (Lipinski definition) is 0. The van der Waals surface area contributed by atoms with Crippen LogP contribution in [-0.2, 0) is 0 Å². The van der Waals surface area contributed by atoms with Crippen LogP contribution >= 0.6 is 0 Å². The lowest BCUT2D eigenvalue weighted by Gasteiger charge is -2.13. The third-order valence-electron chi connectivity index (χ3n) is 7.71. The fraction of sp³-hybridized carbons (Fsp3) is 0. The van der Waals surface area contributed by atoms with E-state index in [0.717, 1.165) is 71.9 Å². The summed E-state index contributed by atoms with van der Waals surface area (Å²) in [7, 11) is 0. The fourth-order valence-corrected chi connectivity index (χ4v) is 5.65.